The molecule has 37 heavy (non-hydrogen) atoms. The molecule has 0 radical (unpaired) electrons. The van der Waals surface area contributed by atoms with Gasteiger partial charge in [-0.05, 0) is 30.5 Å². The number of piperidine rings is 1. The van der Waals surface area contributed by atoms with Crippen LogP contribution >= 0.6 is 0 Å². The van der Waals surface area contributed by atoms with Crippen molar-refractivity contribution in [2.24, 2.45) is 17.1 Å². The lowest BCUT2D eigenvalue weighted by molar-refractivity contribution is -0.940. The van der Waals surface area contributed by atoms with Crippen LogP contribution in [0.3, 0.4) is 0 Å². The molecule has 1 aromatic rings. The molecule has 0 aromatic heterocycles. The van der Waals surface area contributed by atoms with E-state index in [0.29, 0.717) is 45.6 Å². The molecule has 0 aliphatic carbocycles. The van der Waals surface area contributed by atoms with Gasteiger partial charge in [-0.2, -0.15) is 26.3 Å². The SMILES string of the molecule is CC(C)CC1(C(N)=O)CC[N+](CC(=O)N2CCOCC2)(Cc2cc(C(F)(F)F)cc(C(F)(F)F)c2)CC1. The lowest BCUT2D eigenvalue weighted by Crippen LogP contribution is -2.61. The van der Waals surface area contributed by atoms with Crippen LogP contribution in [0.1, 0.15) is 49.8 Å². The van der Waals surface area contributed by atoms with E-state index in [1.54, 1.807) is 4.90 Å². The minimum absolute atomic E-state index is 0.0536. The van der Waals surface area contributed by atoms with Crippen molar-refractivity contribution in [3.63, 3.8) is 0 Å². The predicted octanol–water partition coefficient (Wildman–Crippen LogP) is 4.21. The van der Waals surface area contributed by atoms with E-state index in [4.69, 9.17) is 10.5 Å². The number of hydrogen-bond donors (Lipinski definition) is 1. The Morgan fingerprint density at radius 3 is 1.95 bits per heavy atom. The Labute approximate surface area is 212 Å². The van der Waals surface area contributed by atoms with Crippen molar-refractivity contribution >= 4 is 11.8 Å². The summed E-state index contributed by atoms with van der Waals surface area (Å²) in [6.07, 6.45) is -8.83. The molecule has 2 heterocycles. The lowest BCUT2D eigenvalue weighted by atomic mass is 9.71. The minimum Gasteiger partial charge on any atom is -0.378 e. The second-order valence-corrected chi connectivity index (χ2v) is 10.8. The van der Waals surface area contributed by atoms with Gasteiger partial charge in [0.1, 0.15) is 6.54 Å². The number of primary amides is 1. The van der Waals surface area contributed by atoms with E-state index in [9.17, 15) is 35.9 Å². The number of morpholine rings is 1. The molecule has 2 aliphatic heterocycles. The van der Waals surface area contributed by atoms with Crippen LogP contribution in [0.25, 0.3) is 0 Å². The summed E-state index contributed by atoms with van der Waals surface area (Å²) >= 11 is 0. The smallest absolute Gasteiger partial charge is 0.378 e. The van der Waals surface area contributed by atoms with Gasteiger partial charge < -0.3 is 19.9 Å². The highest BCUT2D eigenvalue weighted by Crippen LogP contribution is 2.42. The summed E-state index contributed by atoms with van der Waals surface area (Å²) in [7, 11) is 0. The van der Waals surface area contributed by atoms with Crippen molar-refractivity contribution in [2.45, 2.75) is 52.0 Å². The molecule has 0 unspecified atom stereocenters. The van der Waals surface area contributed by atoms with E-state index in [1.807, 2.05) is 13.8 Å². The molecule has 12 heteroatoms. The molecule has 2 N–H and O–H groups in total. The highest BCUT2D eigenvalue weighted by molar-refractivity contribution is 5.81. The quantitative estimate of drug-likeness (QED) is 0.418. The van der Waals surface area contributed by atoms with Crippen molar-refractivity contribution in [2.75, 3.05) is 45.9 Å². The number of carbonyl (C=O) groups excluding carboxylic acids is 2. The zero-order chi connectivity index (χ0) is 27.6. The predicted molar refractivity (Wildman–Crippen MR) is 123 cm³/mol. The van der Waals surface area contributed by atoms with E-state index < -0.39 is 34.8 Å². The number of amides is 2. The number of benzene rings is 1. The van der Waals surface area contributed by atoms with Crippen LogP contribution in [0.5, 0.6) is 0 Å². The Bertz CT molecular complexity index is 947. The molecule has 2 amide bonds. The summed E-state index contributed by atoms with van der Waals surface area (Å²) < 4.78 is 86.1. The maximum atomic E-state index is 13.5. The van der Waals surface area contributed by atoms with Gasteiger partial charge in [-0.1, -0.05) is 13.8 Å². The summed E-state index contributed by atoms with van der Waals surface area (Å²) in [5.74, 6) is -0.570. The van der Waals surface area contributed by atoms with Gasteiger partial charge in [-0.3, -0.25) is 9.59 Å². The third-order valence-electron chi connectivity index (χ3n) is 7.45. The molecule has 3 rings (SSSR count). The number of quaternary nitrogens is 1. The Balaban J connectivity index is 1.98. The molecule has 2 saturated heterocycles. The summed E-state index contributed by atoms with van der Waals surface area (Å²) in [4.78, 5) is 27.2. The van der Waals surface area contributed by atoms with Crippen LogP contribution in [-0.2, 0) is 33.2 Å². The number of likely N-dealkylation sites (tertiary alicyclic amines) is 1. The molecule has 2 aliphatic rings. The van der Waals surface area contributed by atoms with Gasteiger partial charge in [0.15, 0.2) is 6.54 Å². The number of carbonyl (C=O) groups is 2. The van der Waals surface area contributed by atoms with Crippen molar-refractivity contribution in [1.29, 1.82) is 0 Å². The van der Waals surface area contributed by atoms with Gasteiger partial charge in [-0.15, -0.1) is 0 Å². The van der Waals surface area contributed by atoms with Crippen LogP contribution in [-0.4, -0.2) is 67.1 Å². The van der Waals surface area contributed by atoms with Crippen molar-refractivity contribution in [3.8, 4) is 0 Å². The van der Waals surface area contributed by atoms with Gasteiger partial charge in [0, 0.05) is 31.5 Å². The fourth-order valence-corrected chi connectivity index (χ4v) is 5.54. The first-order valence-corrected chi connectivity index (χ1v) is 12.3. The molecule has 2 fully saturated rings. The van der Waals surface area contributed by atoms with Crippen LogP contribution < -0.4 is 5.73 Å². The standard InChI is InChI=1S/C25H33F6N3O3/c1-17(2)14-23(22(32)36)3-7-34(8-4-23,16-21(35)33-5-9-37-10-6-33)15-18-11-19(24(26,27)28)13-20(12-18)25(29,30)31/h11-13,17H,3-10,14-16H2,1-2H3,(H-,32,36)/p+1. The molecule has 208 valence electrons. The van der Waals surface area contributed by atoms with Crippen molar-refractivity contribution < 1.29 is 45.2 Å². The van der Waals surface area contributed by atoms with Gasteiger partial charge in [0.2, 0.25) is 5.91 Å². The van der Waals surface area contributed by atoms with Crippen LogP contribution in [0.15, 0.2) is 18.2 Å². The molecular weight excluding hydrogens is 504 g/mol. The van der Waals surface area contributed by atoms with Gasteiger partial charge in [0.05, 0.1) is 42.8 Å². The highest BCUT2D eigenvalue weighted by Gasteiger charge is 2.48. The highest BCUT2D eigenvalue weighted by atomic mass is 19.4. The van der Waals surface area contributed by atoms with E-state index in [2.05, 4.69) is 0 Å². The van der Waals surface area contributed by atoms with Crippen LogP contribution in [0.4, 0.5) is 26.3 Å². The summed E-state index contributed by atoms with van der Waals surface area (Å²) in [5, 5.41) is 0. The molecular formula is C25H34F6N3O3+. The van der Waals surface area contributed by atoms with Gasteiger partial charge in [-0.25, -0.2) is 0 Å². The Kier molecular flexibility index (Phi) is 8.53. The average Bonchev–Trinajstić information content (AvgIpc) is 2.79. The number of hydrogen-bond acceptors (Lipinski definition) is 3. The average molecular weight is 539 g/mol. The van der Waals surface area contributed by atoms with E-state index in [0.717, 1.165) is 12.1 Å². The first kappa shape index (κ1) is 29.2. The Morgan fingerprint density at radius 2 is 1.51 bits per heavy atom. The minimum atomic E-state index is -4.97. The second-order valence-electron chi connectivity index (χ2n) is 10.8. The molecule has 0 bridgehead atoms. The van der Waals surface area contributed by atoms with Crippen molar-refractivity contribution in [3.05, 3.63) is 34.9 Å². The Hall–Kier alpha value is -2.34. The maximum Gasteiger partial charge on any atom is 0.416 e. The number of alkyl halides is 6. The second kappa shape index (κ2) is 10.8. The normalized spacial score (nSPS) is 25.4. The first-order valence-electron chi connectivity index (χ1n) is 12.3. The van der Waals surface area contributed by atoms with E-state index in [-0.39, 0.29) is 54.1 Å². The van der Waals surface area contributed by atoms with Crippen LogP contribution in [0, 0.1) is 11.3 Å². The molecule has 0 spiro atoms. The molecule has 0 saturated carbocycles. The fourth-order valence-electron chi connectivity index (χ4n) is 5.54. The summed E-state index contributed by atoms with van der Waals surface area (Å²) in [5.41, 5.74) is 1.99. The summed E-state index contributed by atoms with van der Waals surface area (Å²) in [6, 6.07) is 1.54. The molecule has 0 atom stereocenters. The summed E-state index contributed by atoms with van der Waals surface area (Å²) in [6.45, 7) is 5.47. The first-order chi connectivity index (χ1) is 17.1. The topological polar surface area (TPSA) is 72.6 Å². The monoisotopic (exact) mass is 538 g/mol. The number of ether oxygens (including phenoxy) is 1. The van der Waals surface area contributed by atoms with E-state index in [1.165, 1.54) is 0 Å². The van der Waals surface area contributed by atoms with Gasteiger partial charge >= 0.3 is 12.4 Å². The zero-order valence-electron chi connectivity index (χ0n) is 21.1. The van der Waals surface area contributed by atoms with E-state index >= 15 is 0 Å². The number of nitrogens with zero attached hydrogens (tertiary/aromatic N) is 2. The van der Waals surface area contributed by atoms with Gasteiger partial charge in [0.25, 0.3) is 5.91 Å². The Morgan fingerprint density at radius 1 is 1.00 bits per heavy atom. The van der Waals surface area contributed by atoms with Crippen LogP contribution in [0.2, 0.25) is 0 Å². The third kappa shape index (κ3) is 7.16. The number of nitrogens with two attached hydrogens (primary N) is 1. The zero-order valence-corrected chi connectivity index (χ0v) is 21.1. The fraction of sp³-hybridized carbons (Fsp3) is 0.680. The number of rotatable bonds is 7. The lowest BCUT2D eigenvalue weighted by Gasteiger charge is -2.48. The molecule has 6 nitrogen and oxygen atoms in total. The third-order valence-corrected chi connectivity index (χ3v) is 7.45. The maximum absolute atomic E-state index is 13.5. The molecule has 1 aromatic carbocycles. The number of halogens is 6. The van der Waals surface area contributed by atoms with Crippen molar-refractivity contribution in [1.82, 2.24) is 4.90 Å². The largest absolute Gasteiger partial charge is 0.416 e.